The lowest BCUT2D eigenvalue weighted by Gasteiger charge is -2.08. The normalized spacial score (nSPS) is 10.6. The summed E-state index contributed by atoms with van der Waals surface area (Å²) < 4.78 is 6.92. The molecule has 0 aliphatic rings. The number of amides is 2. The summed E-state index contributed by atoms with van der Waals surface area (Å²) >= 11 is 12.0. The molecule has 1 heterocycles. The average molecular weight is 495 g/mol. The molecule has 0 unspecified atom stereocenters. The molecule has 0 saturated heterocycles. The fraction of sp³-hybridized carbons (Fsp3) is 0.0800. The van der Waals surface area contributed by atoms with Gasteiger partial charge in [-0.3, -0.25) is 9.59 Å². The lowest BCUT2D eigenvalue weighted by atomic mass is 10.2. The molecule has 4 rings (SSSR count). The van der Waals surface area contributed by atoms with Gasteiger partial charge in [0.05, 0.1) is 18.5 Å². The largest absolute Gasteiger partial charge is 0.495 e. The van der Waals surface area contributed by atoms with Crippen LogP contribution in [-0.2, 0) is 6.54 Å². The molecule has 0 atom stereocenters. The third kappa shape index (κ3) is 5.75. The first-order chi connectivity index (χ1) is 16.4. The summed E-state index contributed by atoms with van der Waals surface area (Å²) in [6.07, 6.45) is 3.25. The Kier molecular flexibility index (Phi) is 7.15. The molecule has 0 saturated carbocycles. The van der Waals surface area contributed by atoms with Crippen molar-refractivity contribution in [2.24, 2.45) is 0 Å². The van der Waals surface area contributed by atoms with Gasteiger partial charge in [-0.2, -0.15) is 0 Å². The van der Waals surface area contributed by atoms with Crippen LogP contribution in [0, 0.1) is 0 Å². The number of imidazole rings is 1. The molecule has 0 fully saturated rings. The Labute approximate surface area is 206 Å². The van der Waals surface area contributed by atoms with E-state index >= 15 is 0 Å². The summed E-state index contributed by atoms with van der Waals surface area (Å²) in [7, 11) is 1.52. The lowest BCUT2D eigenvalue weighted by molar-refractivity contribution is 0.101. The van der Waals surface area contributed by atoms with Gasteiger partial charge in [0.25, 0.3) is 11.8 Å². The van der Waals surface area contributed by atoms with Crippen molar-refractivity contribution in [3.8, 4) is 5.75 Å². The second-order valence-corrected chi connectivity index (χ2v) is 8.24. The third-order valence-electron chi connectivity index (χ3n) is 4.96. The number of aromatic nitrogens is 2. The fourth-order valence-electron chi connectivity index (χ4n) is 3.21. The van der Waals surface area contributed by atoms with Crippen LogP contribution in [0.15, 0.2) is 79.3 Å². The number of hydrogen-bond acceptors (Lipinski definition) is 4. The van der Waals surface area contributed by atoms with Crippen LogP contribution < -0.4 is 15.4 Å². The Bertz CT molecular complexity index is 1320. The lowest BCUT2D eigenvalue weighted by Crippen LogP contribution is -2.12. The zero-order chi connectivity index (χ0) is 24.1. The Balaban J connectivity index is 1.35. The molecule has 0 spiro atoms. The van der Waals surface area contributed by atoms with Gasteiger partial charge in [-0.1, -0.05) is 35.3 Å². The Morgan fingerprint density at radius 2 is 1.59 bits per heavy atom. The van der Waals surface area contributed by atoms with Crippen molar-refractivity contribution < 1.29 is 14.3 Å². The van der Waals surface area contributed by atoms with E-state index in [1.54, 1.807) is 59.6 Å². The summed E-state index contributed by atoms with van der Waals surface area (Å²) in [6, 6.07) is 19.1. The standard InChI is InChI=1S/C25H20Cl2N4O3/c1-34-23-11-10-20(12-21(23)27)30-25(33)22-14-31(15-28-22)13-16-2-8-19(9-3-16)29-24(32)17-4-6-18(26)7-5-17/h2-12,14-15H,13H2,1H3,(H,29,32)(H,30,33). The number of carbonyl (C=O) groups is 2. The molecule has 0 aliphatic carbocycles. The SMILES string of the molecule is COc1ccc(NC(=O)c2cn(Cc3ccc(NC(=O)c4ccc(Cl)cc4)cc3)cn2)cc1Cl. The maximum Gasteiger partial charge on any atom is 0.275 e. The first-order valence-electron chi connectivity index (χ1n) is 10.2. The highest BCUT2D eigenvalue weighted by Gasteiger charge is 2.12. The maximum absolute atomic E-state index is 12.5. The van der Waals surface area contributed by atoms with Crippen molar-refractivity contribution in [2.45, 2.75) is 6.54 Å². The molecule has 0 bridgehead atoms. The van der Waals surface area contributed by atoms with Crippen molar-refractivity contribution in [1.29, 1.82) is 0 Å². The molecule has 172 valence electrons. The molecule has 1 aromatic heterocycles. The van der Waals surface area contributed by atoms with Crippen LogP contribution in [0.25, 0.3) is 0 Å². The molecule has 3 aromatic carbocycles. The highest BCUT2D eigenvalue weighted by Crippen LogP contribution is 2.27. The van der Waals surface area contributed by atoms with Crippen molar-refractivity contribution in [3.63, 3.8) is 0 Å². The molecular formula is C25H20Cl2N4O3. The highest BCUT2D eigenvalue weighted by molar-refractivity contribution is 6.32. The van der Waals surface area contributed by atoms with E-state index in [0.717, 1.165) is 5.56 Å². The second-order valence-electron chi connectivity index (χ2n) is 7.39. The Morgan fingerprint density at radius 1 is 0.912 bits per heavy atom. The molecule has 2 N–H and O–H groups in total. The average Bonchev–Trinajstić information content (AvgIpc) is 3.29. The number of nitrogens with one attached hydrogen (secondary N) is 2. The predicted octanol–water partition coefficient (Wildman–Crippen LogP) is 5.75. The van der Waals surface area contributed by atoms with Gasteiger partial charge in [-0.15, -0.1) is 0 Å². The maximum atomic E-state index is 12.5. The van der Waals surface area contributed by atoms with Crippen LogP contribution in [0.2, 0.25) is 10.0 Å². The van der Waals surface area contributed by atoms with Crippen LogP contribution >= 0.6 is 23.2 Å². The van der Waals surface area contributed by atoms with Crippen LogP contribution in [0.1, 0.15) is 26.4 Å². The molecule has 9 heteroatoms. The number of rotatable bonds is 7. The number of anilines is 2. The van der Waals surface area contributed by atoms with E-state index in [2.05, 4.69) is 15.6 Å². The van der Waals surface area contributed by atoms with Crippen LogP contribution in [0.4, 0.5) is 11.4 Å². The van der Waals surface area contributed by atoms with Gasteiger partial charge in [0.15, 0.2) is 0 Å². The molecule has 7 nitrogen and oxygen atoms in total. The van der Waals surface area contributed by atoms with E-state index in [0.29, 0.717) is 39.3 Å². The topological polar surface area (TPSA) is 85.2 Å². The minimum Gasteiger partial charge on any atom is -0.495 e. The summed E-state index contributed by atoms with van der Waals surface area (Å²) in [5, 5.41) is 6.59. The van der Waals surface area contributed by atoms with Gasteiger partial charge in [-0.25, -0.2) is 4.98 Å². The zero-order valence-electron chi connectivity index (χ0n) is 18.1. The molecule has 0 radical (unpaired) electrons. The summed E-state index contributed by atoms with van der Waals surface area (Å²) in [4.78, 5) is 29.0. The van der Waals surface area contributed by atoms with Crippen molar-refractivity contribution in [2.75, 3.05) is 17.7 Å². The molecular weight excluding hydrogens is 475 g/mol. The molecule has 0 aliphatic heterocycles. The zero-order valence-corrected chi connectivity index (χ0v) is 19.6. The monoisotopic (exact) mass is 494 g/mol. The fourth-order valence-corrected chi connectivity index (χ4v) is 3.60. The van der Waals surface area contributed by atoms with Gasteiger partial charge in [-0.05, 0) is 60.2 Å². The molecule has 4 aromatic rings. The summed E-state index contributed by atoms with van der Waals surface area (Å²) in [6.45, 7) is 0.514. The van der Waals surface area contributed by atoms with Crippen LogP contribution in [0.3, 0.4) is 0 Å². The predicted molar refractivity (Wildman–Crippen MR) is 133 cm³/mol. The number of halogens is 2. The smallest absolute Gasteiger partial charge is 0.275 e. The van der Waals surface area contributed by atoms with Crippen LogP contribution in [0.5, 0.6) is 5.75 Å². The first kappa shape index (κ1) is 23.4. The van der Waals surface area contributed by atoms with Gasteiger partial charge in [0, 0.05) is 34.7 Å². The first-order valence-corrected chi connectivity index (χ1v) is 11.0. The van der Waals surface area contributed by atoms with E-state index < -0.39 is 0 Å². The van der Waals surface area contributed by atoms with Crippen LogP contribution in [-0.4, -0.2) is 28.5 Å². The minimum atomic E-state index is -0.347. The summed E-state index contributed by atoms with van der Waals surface area (Å²) in [5.41, 5.74) is 3.00. The van der Waals surface area contributed by atoms with E-state index in [4.69, 9.17) is 27.9 Å². The number of methoxy groups -OCH3 is 1. The quantitative estimate of drug-likeness (QED) is 0.342. The van der Waals surface area contributed by atoms with Crippen molar-refractivity contribution in [3.05, 3.63) is 106 Å². The van der Waals surface area contributed by atoms with Gasteiger partial charge in [0.1, 0.15) is 11.4 Å². The third-order valence-corrected chi connectivity index (χ3v) is 5.51. The molecule has 2 amide bonds. The minimum absolute atomic E-state index is 0.215. The number of hydrogen-bond donors (Lipinski definition) is 2. The number of ether oxygens (including phenoxy) is 1. The van der Waals surface area contributed by atoms with E-state index in [1.807, 2.05) is 24.3 Å². The highest BCUT2D eigenvalue weighted by atomic mass is 35.5. The van der Waals surface area contributed by atoms with Crippen molar-refractivity contribution >= 4 is 46.4 Å². The number of nitrogens with zero attached hydrogens (tertiary/aromatic N) is 2. The summed E-state index contributed by atoms with van der Waals surface area (Å²) in [5.74, 6) is -0.0346. The molecule has 34 heavy (non-hydrogen) atoms. The Hall–Kier alpha value is -3.81. The Morgan fingerprint density at radius 3 is 2.26 bits per heavy atom. The van der Waals surface area contributed by atoms with E-state index in [-0.39, 0.29) is 17.5 Å². The van der Waals surface area contributed by atoms with Gasteiger partial charge >= 0.3 is 0 Å². The van der Waals surface area contributed by atoms with E-state index in [9.17, 15) is 9.59 Å². The number of benzene rings is 3. The van der Waals surface area contributed by atoms with E-state index in [1.165, 1.54) is 7.11 Å². The van der Waals surface area contributed by atoms with Gasteiger partial charge < -0.3 is 19.9 Å². The van der Waals surface area contributed by atoms with Crippen molar-refractivity contribution in [1.82, 2.24) is 9.55 Å². The number of carbonyl (C=O) groups excluding carboxylic acids is 2. The second kappa shape index (κ2) is 10.4. The van der Waals surface area contributed by atoms with Gasteiger partial charge in [0.2, 0.25) is 0 Å².